The van der Waals surface area contributed by atoms with Crippen LogP contribution in [0.1, 0.15) is 120 Å². The number of rotatable bonds is 20. The van der Waals surface area contributed by atoms with Crippen molar-refractivity contribution in [1.29, 1.82) is 0 Å². The van der Waals surface area contributed by atoms with Crippen molar-refractivity contribution in [3.05, 3.63) is 63.7 Å². The molecule has 1 aliphatic heterocycles. The Morgan fingerprint density at radius 1 is 0.984 bits per heavy atom. The van der Waals surface area contributed by atoms with E-state index in [1.165, 1.54) is 11.0 Å². The number of allylic oxidation sites excluding steroid dienone is 1. The number of carbonyl (C=O) groups excluding carboxylic acids is 7. The number of likely N-dealkylation sites (tertiary alicyclic amines) is 1. The minimum Gasteiger partial charge on any atom is -0.478 e. The molecule has 3 rings (SSSR count). The first-order valence-corrected chi connectivity index (χ1v) is 20.9. The number of esters is 1. The molecule has 1 aromatic rings. The zero-order valence-electron chi connectivity index (χ0n) is 36.3. The average Bonchev–Trinajstić information content (AvgIpc) is 3.60. The SMILES string of the molecule is C=C1C[C@@H](C(=O)N[C@@H](CC(C)C)C(=O)N[C@H](C(N)=O)C2CCCCC2)N(C(=O)[C@@H](NC(=O)[C@H](CC/C=C/C(=O)OCC)NC(=O)c2cc([N+](=O)[O-])ccc2C(=O)O)C(C)(C)C)C1. The number of nitro benzene ring substituents is 1. The van der Waals surface area contributed by atoms with E-state index in [0.29, 0.717) is 5.57 Å². The van der Waals surface area contributed by atoms with Gasteiger partial charge in [-0.05, 0) is 68.8 Å². The average molecular weight is 868 g/mol. The molecule has 1 saturated heterocycles. The maximum Gasteiger partial charge on any atom is 0.336 e. The summed E-state index contributed by atoms with van der Waals surface area (Å²) in [5, 5.41) is 31.9. The van der Waals surface area contributed by atoms with Gasteiger partial charge in [0, 0.05) is 24.8 Å². The number of nitrogens with zero attached hydrogens (tertiary/aromatic N) is 2. The van der Waals surface area contributed by atoms with Gasteiger partial charge in [-0.2, -0.15) is 0 Å². The van der Waals surface area contributed by atoms with Crippen molar-refractivity contribution in [2.45, 2.75) is 130 Å². The van der Waals surface area contributed by atoms with Crippen molar-refractivity contribution in [2.75, 3.05) is 13.2 Å². The highest BCUT2D eigenvalue weighted by atomic mass is 16.6. The lowest BCUT2D eigenvalue weighted by molar-refractivity contribution is -0.384. The van der Waals surface area contributed by atoms with E-state index in [1.54, 1.807) is 27.7 Å². The van der Waals surface area contributed by atoms with Crippen molar-refractivity contribution in [3.63, 3.8) is 0 Å². The van der Waals surface area contributed by atoms with Gasteiger partial charge in [0.25, 0.3) is 11.6 Å². The van der Waals surface area contributed by atoms with Gasteiger partial charge in [0.05, 0.1) is 22.7 Å². The van der Waals surface area contributed by atoms with E-state index in [1.807, 2.05) is 13.8 Å². The monoisotopic (exact) mass is 867 g/mol. The van der Waals surface area contributed by atoms with E-state index < -0.39 is 105 Å². The molecule has 0 radical (unpaired) electrons. The van der Waals surface area contributed by atoms with Crippen LogP contribution >= 0.6 is 0 Å². The molecule has 1 aromatic carbocycles. The first kappa shape index (κ1) is 50.2. The Morgan fingerprint density at radius 3 is 2.19 bits per heavy atom. The number of carboxylic acid groups (broad SMARTS) is 1. The number of ether oxygens (including phenoxy) is 1. The highest BCUT2D eigenvalue weighted by molar-refractivity contribution is 6.07. The van der Waals surface area contributed by atoms with Crippen LogP contribution in [0.25, 0.3) is 0 Å². The molecular weight excluding hydrogens is 807 g/mol. The summed E-state index contributed by atoms with van der Waals surface area (Å²) in [7, 11) is 0. The topological polar surface area (TPSA) is 287 Å². The van der Waals surface area contributed by atoms with Crippen molar-refractivity contribution in [3.8, 4) is 0 Å². The van der Waals surface area contributed by atoms with E-state index in [4.69, 9.17) is 10.5 Å². The summed E-state index contributed by atoms with van der Waals surface area (Å²) in [5.74, 6) is -7.02. The molecule has 1 heterocycles. The first-order chi connectivity index (χ1) is 29.0. The van der Waals surface area contributed by atoms with Crippen molar-refractivity contribution < 1.29 is 53.1 Å². The van der Waals surface area contributed by atoms with Crippen molar-refractivity contribution in [2.24, 2.45) is 23.0 Å². The van der Waals surface area contributed by atoms with Gasteiger partial charge >= 0.3 is 11.9 Å². The van der Waals surface area contributed by atoms with Crippen LogP contribution in [0.15, 0.2) is 42.5 Å². The van der Waals surface area contributed by atoms with E-state index in [2.05, 4.69) is 27.8 Å². The number of nitrogens with one attached hydrogen (secondary N) is 4. The molecule has 0 spiro atoms. The van der Waals surface area contributed by atoms with Crippen LogP contribution < -0.4 is 27.0 Å². The van der Waals surface area contributed by atoms with E-state index >= 15 is 0 Å². The largest absolute Gasteiger partial charge is 0.478 e. The molecule has 7 N–H and O–H groups in total. The number of aromatic carboxylic acids is 1. The van der Waals surface area contributed by atoms with Crippen molar-refractivity contribution >= 4 is 53.1 Å². The Balaban J connectivity index is 1.91. The van der Waals surface area contributed by atoms with Crippen LogP contribution in [0.3, 0.4) is 0 Å². The summed E-state index contributed by atoms with van der Waals surface area (Å²) >= 11 is 0. The molecule has 0 unspecified atom stereocenters. The molecule has 62 heavy (non-hydrogen) atoms. The number of carboxylic acids is 1. The number of hydrogen-bond acceptors (Lipinski definition) is 11. The summed E-state index contributed by atoms with van der Waals surface area (Å²) in [4.78, 5) is 118. The lowest BCUT2D eigenvalue weighted by atomic mass is 9.83. The summed E-state index contributed by atoms with van der Waals surface area (Å²) in [6.07, 6.45) is 6.88. The maximum absolute atomic E-state index is 14.5. The predicted molar refractivity (Wildman–Crippen MR) is 226 cm³/mol. The Hall–Kier alpha value is -6.14. The Morgan fingerprint density at radius 2 is 1.63 bits per heavy atom. The Kier molecular flexibility index (Phi) is 18.3. The second-order valence-corrected chi connectivity index (χ2v) is 17.3. The fraction of sp³-hybridized carbons (Fsp3) is 0.581. The number of nitro groups is 1. The normalized spacial score (nSPS) is 17.7. The number of non-ortho nitro benzene ring substituents is 1. The Bertz CT molecular complexity index is 1920. The van der Waals surface area contributed by atoms with Gasteiger partial charge < -0.3 is 41.7 Å². The summed E-state index contributed by atoms with van der Waals surface area (Å²) < 4.78 is 4.88. The third-order valence-corrected chi connectivity index (χ3v) is 10.8. The number of amides is 6. The van der Waals surface area contributed by atoms with Gasteiger partial charge in [-0.15, -0.1) is 0 Å². The van der Waals surface area contributed by atoms with Crippen LogP contribution in [0.2, 0.25) is 0 Å². The number of primary amides is 1. The van der Waals surface area contributed by atoms with Crippen LogP contribution in [0, 0.1) is 27.4 Å². The van der Waals surface area contributed by atoms with E-state index in [-0.39, 0.29) is 50.7 Å². The van der Waals surface area contributed by atoms with Gasteiger partial charge in [-0.3, -0.25) is 38.9 Å². The summed E-state index contributed by atoms with van der Waals surface area (Å²) in [5.41, 5.74) is 3.49. The van der Waals surface area contributed by atoms with E-state index in [9.17, 15) is 53.6 Å². The number of hydrogen-bond donors (Lipinski definition) is 6. The Labute approximate surface area is 361 Å². The molecule has 340 valence electrons. The van der Waals surface area contributed by atoms with Gasteiger partial charge in [-0.1, -0.05) is 72.1 Å². The molecule has 6 amide bonds. The third kappa shape index (κ3) is 14.2. The zero-order valence-corrected chi connectivity index (χ0v) is 36.3. The number of benzene rings is 1. The minimum absolute atomic E-state index is 0.00615. The summed E-state index contributed by atoms with van der Waals surface area (Å²) in [6.45, 7) is 14.4. The van der Waals surface area contributed by atoms with Gasteiger partial charge in [0.15, 0.2) is 0 Å². The smallest absolute Gasteiger partial charge is 0.336 e. The predicted octanol–water partition coefficient (Wildman–Crippen LogP) is 3.06. The molecule has 19 nitrogen and oxygen atoms in total. The fourth-order valence-electron chi connectivity index (χ4n) is 7.59. The molecule has 0 bridgehead atoms. The molecule has 0 aromatic heterocycles. The first-order valence-electron chi connectivity index (χ1n) is 20.9. The quantitative estimate of drug-likeness (QED) is 0.0363. The standard InChI is InChI=1S/C43H61N7O12/c1-8-62-33(51)17-13-12-16-30(45-37(53)29-22-27(50(60)61)18-19-28(29)42(58)59)38(54)48-35(43(5,6)7)41(57)49-23-25(4)21-32(49)40(56)46-31(20-24(2)3)39(55)47-34(36(44)52)26-14-10-9-11-15-26/h13,17-19,22,24,26,30-32,34-35H,4,8-12,14-16,20-21,23H2,1-3,5-7H3,(H2,44,52)(H,45,53)(H,46,56)(H,47,55)(H,48,54)(H,58,59)/b17-13+/t30-,31-,32-,34-,35+/m0/s1. The second-order valence-electron chi connectivity index (χ2n) is 17.3. The molecule has 1 aliphatic carbocycles. The fourth-order valence-corrected chi connectivity index (χ4v) is 7.59. The van der Waals surface area contributed by atoms with Gasteiger partial charge in [-0.25, -0.2) is 9.59 Å². The van der Waals surface area contributed by atoms with Crippen LogP contribution in [0.4, 0.5) is 5.69 Å². The van der Waals surface area contributed by atoms with Crippen LogP contribution in [0.5, 0.6) is 0 Å². The second kappa shape index (κ2) is 22.6. The minimum atomic E-state index is -1.56. The lowest BCUT2D eigenvalue weighted by Gasteiger charge is -2.36. The maximum atomic E-state index is 14.5. The van der Waals surface area contributed by atoms with E-state index in [0.717, 1.165) is 56.4 Å². The third-order valence-electron chi connectivity index (χ3n) is 10.8. The van der Waals surface area contributed by atoms with Crippen LogP contribution in [-0.2, 0) is 33.5 Å². The van der Waals surface area contributed by atoms with Crippen LogP contribution in [-0.4, -0.2) is 106 Å². The molecule has 1 saturated carbocycles. The molecular formula is C43H61N7O12. The molecule has 2 fully saturated rings. The van der Waals surface area contributed by atoms with Gasteiger partial charge in [0.2, 0.25) is 29.5 Å². The highest BCUT2D eigenvalue weighted by Gasteiger charge is 2.44. The number of carbonyl (C=O) groups is 8. The number of nitrogens with two attached hydrogens (primary N) is 1. The summed E-state index contributed by atoms with van der Waals surface area (Å²) in [6, 6.07) is -3.37. The zero-order chi connectivity index (χ0) is 46.5. The van der Waals surface area contributed by atoms with Crippen molar-refractivity contribution in [1.82, 2.24) is 26.2 Å². The lowest BCUT2D eigenvalue weighted by Crippen LogP contribution is -2.61. The van der Waals surface area contributed by atoms with Gasteiger partial charge in [0.1, 0.15) is 30.2 Å². The molecule has 2 aliphatic rings. The highest BCUT2D eigenvalue weighted by Crippen LogP contribution is 2.29. The molecule has 5 atom stereocenters. The molecule has 19 heteroatoms.